The van der Waals surface area contributed by atoms with Crippen molar-refractivity contribution in [1.82, 2.24) is 5.32 Å². The maximum absolute atomic E-state index is 3.57. The summed E-state index contributed by atoms with van der Waals surface area (Å²) < 4.78 is 0. The fourth-order valence-electron chi connectivity index (χ4n) is 2.51. The zero-order chi connectivity index (χ0) is 12.9. The lowest BCUT2D eigenvalue weighted by atomic mass is 9.98. The molecule has 1 heteroatoms. The van der Waals surface area contributed by atoms with Crippen LogP contribution in [0.2, 0.25) is 0 Å². The van der Waals surface area contributed by atoms with Crippen molar-refractivity contribution in [3.8, 4) is 0 Å². The summed E-state index contributed by atoms with van der Waals surface area (Å²) in [5.74, 6) is 0. The van der Waals surface area contributed by atoms with Crippen molar-refractivity contribution in [3.63, 3.8) is 0 Å². The van der Waals surface area contributed by atoms with Gasteiger partial charge in [-0.2, -0.15) is 0 Å². The highest BCUT2D eigenvalue weighted by Gasteiger charge is 2.08. The van der Waals surface area contributed by atoms with Crippen molar-refractivity contribution in [1.29, 1.82) is 0 Å². The van der Waals surface area contributed by atoms with E-state index in [1.807, 2.05) is 0 Å². The summed E-state index contributed by atoms with van der Waals surface area (Å²) >= 11 is 0. The Morgan fingerprint density at radius 1 is 0.684 bits per heavy atom. The minimum atomic E-state index is 0.904. The van der Waals surface area contributed by atoms with Gasteiger partial charge in [0.25, 0.3) is 0 Å². The van der Waals surface area contributed by atoms with E-state index in [2.05, 4.69) is 66.1 Å². The lowest BCUT2D eigenvalue weighted by Crippen LogP contribution is -2.18. The summed E-state index contributed by atoms with van der Waals surface area (Å²) in [7, 11) is 0. The van der Waals surface area contributed by atoms with Crippen LogP contribution in [0.3, 0.4) is 0 Å². The van der Waals surface area contributed by atoms with Crippen molar-refractivity contribution in [2.75, 3.05) is 6.54 Å². The Labute approximate surface area is 115 Å². The van der Waals surface area contributed by atoms with Crippen molar-refractivity contribution in [3.05, 3.63) is 83.2 Å². The van der Waals surface area contributed by atoms with E-state index in [0.29, 0.717) is 0 Å². The average Bonchev–Trinajstić information content (AvgIpc) is 2.60. The van der Waals surface area contributed by atoms with Crippen LogP contribution in [0.1, 0.15) is 19.3 Å². The van der Waals surface area contributed by atoms with Gasteiger partial charge in [0.15, 0.2) is 0 Å². The van der Waals surface area contributed by atoms with Crippen LogP contribution in [0, 0.1) is 0 Å². The third kappa shape index (κ3) is 2.87. The van der Waals surface area contributed by atoms with E-state index in [1.165, 1.54) is 22.4 Å². The normalized spacial score (nSPS) is 30.7. The molecule has 3 aliphatic rings. The zero-order valence-electron chi connectivity index (χ0n) is 11.1. The Hall–Kier alpha value is -2.02. The largest absolute Gasteiger partial charge is 0.380 e. The lowest BCUT2D eigenvalue weighted by molar-refractivity contribution is 0.887. The molecule has 96 valence electrons. The topological polar surface area (TPSA) is 12.0 Å². The van der Waals surface area contributed by atoms with Crippen LogP contribution in [0.15, 0.2) is 83.2 Å². The Bertz CT molecular complexity index is 562. The van der Waals surface area contributed by atoms with E-state index in [1.54, 1.807) is 0 Å². The molecule has 1 nitrogen and oxygen atoms in total. The van der Waals surface area contributed by atoms with Gasteiger partial charge in [0, 0.05) is 12.2 Å². The molecule has 1 aliphatic heterocycles. The second-order valence-corrected chi connectivity index (χ2v) is 4.96. The van der Waals surface area contributed by atoms with Crippen LogP contribution in [-0.4, -0.2) is 6.54 Å². The van der Waals surface area contributed by atoms with E-state index in [-0.39, 0.29) is 0 Å². The van der Waals surface area contributed by atoms with Gasteiger partial charge in [0.2, 0.25) is 0 Å². The van der Waals surface area contributed by atoms with Crippen LogP contribution in [-0.2, 0) is 0 Å². The summed E-state index contributed by atoms with van der Waals surface area (Å²) in [5, 5.41) is 3.57. The first-order chi connectivity index (χ1) is 9.43. The molecule has 1 heterocycles. The highest BCUT2D eigenvalue weighted by molar-refractivity contribution is 5.48. The van der Waals surface area contributed by atoms with Gasteiger partial charge in [0.1, 0.15) is 0 Å². The van der Waals surface area contributed by atoms with Crippen molar-refractivity contribution >= 4 is 0 Å². The van der Waals surface area contributed by atoms with E-state index in [9.17, 15) is 0 Å². The van der Waals surface area contributed by atoms with E-state index in [4.69, 9.17) is 0 Å². The number of hydrogen-bond acceptors (Lipinski definition) is 1. The smallest absolute Gasteiger partial charge is 0.0413 e. The first-order valence-corrected chi connectivity index (χ1v) is 6.96. The molecule has 2 aliphatic carbocycles. The first-order valence-electron chi connectivity index (χ1n) is 6.96. The minimum Gasteiger partial charge on any atom is -0.380 e. The fourth-order valence-corrected chi connectivity index (χ4v) is 2.51. The predicted molar refractivity (Wildman–Crippen MR) is 81.6 cm³/mol. The van der Waals surface area contributed by atoms with Gasteiger partial charge in [0.05, 0.1) is 0 Å². The molecular formula is C18H19N. The molecule has 0 saturated heterocycles. The lowest BCUT2D eigenvalue weighted by Gasteiger charge is -2.17. The number of rotatable bonds is 0. The number of allylic oxidation sites excluding steroid dienone is 11. The molecule has 0 amide bonds. The van der Waals surface area contributed by atoms with Crippen LogP contribution < -0.4 is 5.32 Å². The monoisotopic (exact) mass is 249 g/mol. The first kappa shape index (κ1) is 12.0. The van der Waals surface area contributed by atoms with Gasteiger partial charge in [-0.1, -0.05) is 54.7 Å². The van der Waals surface area contributed by atoms with Crippen molar-refractivity contribution in [2.24, 2.45) is 0 Å². The number of hydrogen-bond donors (Lipinski definition) is 1. The summed E-state index contributed by atoms with van der Waals surface area (Å²) in [4.78, 5) is 0. The van der Waals surface area contributed by atoms with Gasteiger partial charge in [-0.3, -0.25) is 0 Å². The molecule has 19 heavy (non-hydrogen) atoms. The van der Waals surface area contributed by atoms with Gasteiger partial charge in [-0.05, 0) is 42.1 Å². The van der Waals surface area contributed by atoms with Crippen LogP contribution >= 0.6 is 0 Å². The van der Waals surface area contributed by atoms with E-state index >= 15 is 0 Å². The highest BCUT2D eigenvalue weighted by Crippen LogP contribution is 2.21. The molecule has 0 aromatic heterocycles. The summed E-state index contributed by atoms with van der Waals surface area (Å²) in [6.07, 6.45) is 25.4. The summed E-state index contributed by atoms with van der Waals surface area (Å²) in [6.45, 7) is 0.904. The molecule has 0 atom stereocenters. The summed E-state index contributed by atoms with van der Waals surface area (Å²) in [5.41, 5.74) is 5.31. The molecule has 0 fully saturated rings. The SMILES string of the molecule is C1=CC2=C(C=CC1)NCC1=C(\C=C/2)C/C=C\C/C=C\1. The molecule has 0 aromatic rings. The van der Waals surface area contributed by atoms with Crippen LogP contribution in [0.5, 0.6) is 0 Å². The molecule has 0 aromatic carbocycles. The highest BCUT2D eigenvalue weighted by atomic mass is 14.9. The van der Waals surface area contributed by atoms with Crippen molar-refractivity contribution in [2.45, 2.75) is 19.3 Å². The second-order valence-electron chi connectivity index (χ2n) is 4.96. The maximum atomic E-state index is 3.57. The molecule has 0 unspecified atom stereocenters. The molecule has 0 radical (unpaired) electrons. The van der Waals surface area contributed by atoms with E-state index < -0.39 is 0 Å². The number of nitrogens with one attached hydrogen (secondary N) is 1. The Balaban J connectivity index is 1.97. The Morgan fingerprint density at radius 3 is 2.53 bits per heavy atom. The quantitative estimate of drug-likeness (QED) is 0.637. The van der Waals surface area contributed by atoms with Crippen LogP contribution in [0.25, 0.3) is 0 Å². The molecule has 1 N–H and O–H groups in total. The minimum absolute atomic E-state index is 0.904. The Morgan fingerprint density at radius 2 is 1.53 bits per heavy atom. The molecule has 0 saturated carbocycles. The molecule has 3 rings (SSSR count). The standard InChI is InChI=1S/C18H19N/c1-2-5-10-17-14-19-18-11-7-3-6-9-16(18)13-12-15(17)8-4-1/h1,4-7,9-13,19H,2-3,8,14H2/b4-1-,10-5-,13-12-,17-15-. The predicted octanol–water partition coefficient (Wildman–Crippen LogP) is 4.12. The van der Waals surface area contributed by atoms with E-state index in [0.717, 1.165) is 25.8 Å². The molecule has 0 spiro atoms. The second kappa shape index (κ2) is 5.75. The van der Waals surface area contributed by atoms with Crippen LogP contribution in [0.4, 0.5) is 0 Å². The summed E-state index contributed by atoms with van der Waals surface area (Å²) in [6, 6.07) is 0. The fraction of sp³-hybridized carbons (Fsp3) is 0.222. The third-order valence-corrected chi connectivity index (χ3v) is 3.61. The van der Waals surface area contributed by atoms with Gasteiger partial charge in [-0.15, -0.1) is 0 Å². The van der Waals surface area contributed by atoms with Gasteiger partial charge >= 0.3 is 0 Å². The third-order valence-electron chi connectivity index (χ3n) is 3.61. The van der Waals surface area contributed by atoms with Crippen molar-refractivity contribution < 1.29 is 0 Å². The average molecular weight is 249 g/mol. The molecular weight excluding hydrogens is 230 g/mol. The Kier molecular flexibility index (Phi) is 3.64. The van der Waals surface area contributed by atoms with Gasteiger partial charge < -0.3 is 5.32 Å². The van der Waals surface area contributed by atoms with Gasteiger partial charge in [-0.25, -0.2) is 0 Å². The molecule has 0 bridgehead atoms. The maximum Gasteiger partial charge on any atom is 0.0413 e. The zero-order valence-corrected chi connectivity index (χ0v) is 11.1.